The molecule has 3 rings (SSSR count). The molecule has 0 saturated carbocycles. The number of anilines is 1. The molecule has 0 bridgehead atoms. The van der Waals surface area contributed by atoms with Gasteiger partial charge in [-0.05, 0) is 25.1 Å². The van der Waals surface area contributed by atoms with E-state index in [0.717, 1.165) is 6.07 Å². The van der Waals surface area contributed by atoms with E-state index in [1.165, 1.54) is 17.0 Å². The molecule has 1 aromatic carbocycles. The highest BCUT2D eigenvalue weighted by Gasteiger charge is 2.26. The molecular formula is C17H16F2N4O2. The molecule has 2 aromatic rings. The molecule has 0 aliphatic carbocycles. The SMILES string of the molecule is C[C@H](NC(=O)CN1Cc2nc(F)ccc2NC1=O)c1ccccc1F. The number of benzene rings is 1. The van der Waals surface area contributed by atoms with Crippen LogP contribution in [0, 0.1) is 11.8 Å². The van der Waals surface area contributed by atoms with Gasteiger partial charge < -0.3 is 15.5 Å². The van der Waals surface area contributed by atoms with Crippen molar-refractivity contribution < 1.29 is 18.4 Å². The maximum absolute atomic E-state index is 13.7. The molecule has 3 amide bonds. The van der Waals surface area contributed by atoms with Crippen LogP contribution < -0.4 is 10.6 Å². The van der Waals surface area contributed by atoms with Gasteiger partial charge in [0.15, 0.2) is 0 Å². The Kier molecular flexibility index (Phi) is 4.60. The van der Waals surface area contributed by atoms with E-state index in [9.17, 15) is 18.4 Å². The zero-order chi connectivity index (χ0) is 18.0. The van der Waals surface area contributed by atoms with Crippen molar-refractivity contribution in [1.82, 2.24) is 15.2 Å². The van der Waals surface area contributed by atoms with E-state index in [2.05, 4.69) is 15.6 Å². The van der Waals surface area contributed by atoms with Crippen LogP contribution in [0.2, 0.25) is 0 Å². The van der Waals surface area contributed by atoms with Gasteiger partial charge in [0.05, 0.1) is 24.0 Å². The number of hydrogen-bond donors (Lipinski definition) is 2. The van der Waals surface area contributed by atoms with Gasteiger partial charge in [-0.2, -0.15) is 4.39 Å². The number of carbonyl (C=O) groups is 2. The summed E-state index contributed by atoms with van der Waals surface area (Å²) in [4.78, 5) is 29.1. The second kappa shape index (κ2) is 6.84. The lowest BCUT2D eigenvalue weighted by atomic mass is 10.1. The van der Waals surface area contributed by atoms with Crippen molar-refractivity contribution in [1.29, 1.82) is 0 Å². The van der Waals surface area contributed by atoms with Crippen LogP contribution >= 0.6 is 0 Å². The number of rotatable bonds is 4. The zero-order valence-corrected chi connectivity index (χ0v) is 13.4. The van der Waals surface area contributed by atoms with E-state index in [-0.39, 0.29) is 13.1 Å². The van der Waals surface area contributed by atoms with Crippen molar-refractivity contribution in [3.63, 3.8) is 0 Å². The lowest BCUT2D eigenvalue weighted by Gasteiger charge is -2.28. The summed E-state index contributed by atoms with van der Waals surface area (Å²) >= 11 is 0. The van der Waals surface area contributed by atoms with Crippen molar-refractivity contribution >= 4 is 17.6 Å². The summed E-state index contributed by atoms with van der Waals surface area (Å²) in [5.41, 5.74) is 1.12. The quantitative estimate of drug-likeness (QED) is 0.836. The molecule has 0 fully saturated rings. The molecule has 1 aliphatic rings. The summed E-state index contributed by atoms with van der Waals surface area (Å²) < 4.78 is 27.0. The first kappa shape index (κ1) is 16.8. The number of fused-ring (bicyclic) bond motifs is 1. The van der Waals surface area contributed by atoms with Crippen LogP contribution in [0.3, 0.4) is 0 Å². The second-order valence-corrected chi connectivity index (χ2v) is 5.73. The minimum Gasteiger partial charge on any atom is -0.348 e. The molecule has 130 valence electrons. The van der Waals surface area contributed by atoms with Gasteiger partial charge in [-0.3, -0.25) is 4.79 Å². The second-order valence-electron chi connectivity index (χ2n) is 5.73. The Bertz CT molecular complexity index is 828. The van der Waals surface area contributed by atoms with E-state index in [4.69, 9.17) is 0 Å². The average Bonchev–Trinajstić information content (AvgIpc) is 2.56. The average molecular weight is 346 g/mol. The first-order valence-electron chi connectivity index (χ1n) is 7.69. The third-order valence-corrected chi connectivity index (χ3v) is 3.89. The Balaban J connectivity index is 1.65. The number of halogens is 2. The van der Waals surface area contributed by atoms with Gasteiger partial charge in [0.1, 0.15) is 12.4 Å². The van der Waals surface area contributed by atoms with E-state index >= 15 is 0 Å². The summed E-state index contributed by atoms with van der Waals surface area (Å²) in [5.74, 6) is -1.53. The third-order valence-electron chi connectivity index (χ3n) is 3.89. The van der Waals surface area contributed by atoms with Gasteiger partial charge in [0.2, 0.25) is 11.9 Å². The van der Waals surface area contributed by atoms with Crippen LogP contribution in [0.15, 0.2) is 36.4 Å². The standard InChI is InChI=1S/C17H16F2N4O2/c1-10(11-4-2-3-5-12(11)18)20-16(24)9-23-8-14-13(22-17(23)25)6-7-15(19)21-14/h2-7,10H,8-9H2,1H3,(H,20,24)(H,22,25)/t10-/m0/s1. The number of urea groups is 1. The molecule has 0 saturated heterocycles. The fraction of sp³-hybridized carbons (Fsp3) is 0.235. The van der Waals surface area contributed by atoms with Crippen LogP contribution in [0.4, 0.5) is 19.3 Å². The Morgan fingerprint density at radius 2 is 2.08 bits per heavy atom. The molecule has 1 aromatic heterocycles. The number of nitrogens with one attached hydrogen (secondary N) is 2. The summed E-state index contributed by atoms with van der Waals surface area (Å²) in [6.07, 6.45) is 0. The normalized spacial score (nSPS) is 14.5. The number of carbonyl (C=O) groups excluding carboxylic acids is 2. The van der Waals surface area contributed by atoms with E-state index in [1.54, 1.807) is 25.1 Å². The van der Waals surface area contributed by atoms with Crippen molar-refractivity contribution in [2.45, 2.75) is 19.5 Å². The first-order valence-corrected chi connectivity index (χ1v) is 7.69. The molecule has 0 radical (unpaired) electrons. The van der Waals surface area contributed by atoms with Crippen molar-refractivity contribution in [3.05, 3.63) is 59.4 Å². The number of hydrogen-bond acceptors (Lipinski definition) is 3. The van der Waals surface area contributed by atoms with Crippen LogP contribution in [0.1, 0.15) is 24.2 Å². The first-order chi connectivity index (χ1) is 11.9. The number of amides is 3. The van der Waals surface area contributed by atoms with Gasteiger partial charge in [0, 0.05) is 5.56 Å². The van der Waals surface area contributed by atoms with Crippen LogP contribution in [0.5, 0.6) is 0 Å². The van der Waals surface area contributed by atoms with E-state index < -0.39 is 29.7 Å². The van der Waals surface area contributed by atoms with E-state index in [1.807, 2.05) is 0 Å². The van der Waals surface area contributed by atoms with Gasteiger partial charge in [-0.25, -0.2) is 14.2 Å². The van der Waals surface area contributed by atoms with Crippen molar-refractivity contribution in [2.75, 3.05) is 11.9 Å². The number of nitrogens with zero attached hydrogens (tertiary/aromatic N) is 2. The largest absolute Gasteiger partial charge is 0.348 e. The topological polar surface area (TPSA) is 74.3 Å². The summed E-state index contributed by atoms with van der Waals surface area (Å²) in [6, 6.07) is 7.68. The highest BCUT2D eigenvalue weighted by Crippen LogP contribution is 2.21. The highest BCUT2D eigenvalue weighted by molar-refractivity contribution is 5.94. The lowest BCUT2D eigenvalue weighted by Crippen LogP contribution is -2.45. The molecule has 2 heterocycles. The molecule has 2 N–H and O–H groups in total. The predicted molar refractivity (Wildman–Crippen MR) is 86.6 cm³/mol. The molecule has 6 nitrogen and oxygen atoms in total. The molecular weight excluding hydrogens is 330 g/mol. The minimum atomic E-state index is -0.660. The summed E-state index contributed by atoms with van der Waals surface area (Å²) in [5, 5.41) is 5.20. The van der Waals surface area contributed by atoms with Gasteiger partial charge in [-0.15, -0.1) is 0 Å². The number of aromatic nitrogens is 1. The fourth-order valence-corrected chi connectivity index (χ4v) is 2.65. The molecule has 1 aliphatic heterocycles. The maximum atomic E-state index is 13.7. The number of pyridine rings is 1. The summed E-state index contributed by atoms with van der Waals surface area (Å²) in [7, 11) is 0. The Labute approximate surface area is 142 Å². The van der Waals surface area contributed by atoms with Gasteiger partial charge in [0.25, 0.3) is 0 Å². The van der Waals surface area contributed by atoms with Crippen LogP contribution in [0.25, 0.3) is 0 Å². The fourth-order valence-electron chi connectivity index (χ4n) is 2.65. The zero-order valence-electron chi connectivity index (χ0n) is 13.4. The molecule has 0 unspecified atom stereocenters. The molecule has 0 spiro atoms. The van der Waals surface area contributed by atoms with Gasteiger partial charge in [-0.1, -0.05) is 18.2 Å². The monoisotopic (exact) mass is 346 g/mol. The van der Waals surface area contributed by atoms with Crippen molar-refractivity contribution in [2.24, 2.45) is 0 Å². The van der Waals surface area contributed by atoms with Crippen LogP contribution in [-0.4, -0.2) is 28.4 Å². The Morgan fingerprint density at radius 1 is 1.32 bits per heavy atom. The summed E-state index contributed by atoms with van der Waals surface area (Å²) in [6.45, 7) is 1.42. The van der Waals surface area contributed by atoms with Gasteiger partial charge >= 0.3 is 6.03 Å². The van der Waals surface area contributed by atoms with Crippen molar-refractivity contribution in [3.8, 4) is 0 Å². The molecule has 8 heteroatoms. The van der Waals surface area contributed by atoms with E-state index in [0.29, 0.717) is 16.9 Å². The molecule has 25 heavy (non-hydrogen) atoms. The third kappa shape index (κ3) is 3.73. The Hall–Kier alpha value is -3.03. The smallest absolute Gasteiger partial charge is 0.322 e. The van der Waals surface area contributed by atoms with Crippen LogP contribution in [-0.2, 0) is 11.3 Å². The predicted octanol–water partition coefficient (Wildman–Crippen LogP) is 2.58. The minimum absolute atomic E-state index is 0.0143. The lowest BCUT2D eigenvalue weighted by molar-refractivity contribution is -0.122. The molecule has 1 atom stereocenters. The highest BCUT2D eigenvalue weighted by atomic mass is 19.1. The Morgan fingerprint density at radius 3 is 2.84 bits per heavy atom. The maximum Gasteiger partial charge on any atom is 0.322 e.